The number of aromatic nitrogens is 4. The van der Waals surface area contributed by atoms with E-state index in [1.54, 1.807) is 13.9 Å². The van der Waals surface area contributed by atoms with Crippen molar-refractivity contribution in [3.8, 4) is 0 Å². The summed E-state index contributed by atoms with van der Waals surface area (Å²) in [5.41, 5.74) is 6.57. The number of nitrogen functional groups attached to an aromatic ring is 1. The van der Waals surface area contributed by atoms with Crippen molar-refractivity contribution in [3.05, 3.63) is 11.6 Å². The molecule has 3 saturated heterocycles. The summed E-state index contributed by atoms with van der Waals surface area (Å²) in [5.74, 6) is 1.88. The van der Waals surface area contributed by atoms with Crippen molar-refractivity contribution >= 4 is 90.3 Å². The molecule has 47 heavy (non-hydrogen) atoms. The summed E-state index contributed by atoms with van der Waals surface area (Å²) in [7, 11) is -5.68. The van der Waals surface area contributed by atoms with Crippen LogP contribution < -0.4 is 15.9 Å². The Labute approximate surface area is 299 Å². The fraction of sp³-hybridized carbons (Fsp3) is 0.792. The number of imidazole rings is 1. The van der Waals surface area contributed by atoms with Gasteiger partial charge in [-0.25, -0.2) is 24.5 Å². The van der Waals surface area contributed by atoms with Crippen molar-refractivity contribution in [2.24, 2.45) is 0 Å². The van der Waals surface area contributed by atoms with E-state index in [-0.39, 0.29) is 17.7 Å². The number of aliphatic hydroxyl groups is 2. The predicted octanol–water partition coefficient (Wildman–Crippen LogP) is 3.47. The van der Waals surface area contributed by atoms with Gasteiger partial charge in [0.05, 0.1) is 32.3 Å². The van der Waals surface area contributed by atoms with Crippen LogP contribution in [0.25, 0.3) is 11.2 Å². The second-order valence-electron chi connectivity index (χ2n) is 10.2. The fourth-order valence-electron chi connectivity index (χ4n) is 4.73. The van der Waals surface area contributed by atoms with E-state index in [4.69, 9.17) is 82.6 Å². The van der Waals surface area contributed by atoms with Crippen LogP contribution in [0.3, 0.4) is 0 Å². The standard InChI is InChI=1S/C10H12ClN5O3.2C7H15Cl2N2O2P/c11-10-14-8(12)7-9(15-10)16(3-13-7)6-1-4(18)5(2-17)19-6;2*8-2-5-11(6-3-9)14(12)10-4-1-7-13-14/h3-6,17-18H,1-2H2,(H2,12,14,15);2*1-7H2,(H,10,12)/t4-,5+,6+;;/m0../s1. The minimum atomic E-state index is -2.84. The van der Waals surface area contributed by atoms with Gasteiger partial charge in [0.15, 0.2) is 11.5 Å². The molecule has 3 fully saturated rings. The van der Waals surface area contributed by atoms with Crippen LogP contribution in [-0.4, -0.2) is 134 Å². The molecule has 23 heteroatoms. The number of hydrogen-bond acceptors (Lipinski definition) is 11. The molecular formula is C24H42Cl5N9O7P2. The maximum atomic E-state index is 12.2. The monoisotopic (exact) mass is 805 g/mol. The van der Waals surface area contributed by atoms with Gasteiger partial charge in [-0.3, -0.25) is 13.7 Å². The topological polar surface area (TPSA) is 202 Å². The third-order valence-electron chi connectivity index (χ3n) is 7.03. The zero-order valence-electron chi connectivity index (χ0n) is 25.6. The molecule has 2 aromatic heterocycles. The van der Waals surface area contributed by atoms with Crippen molar-refractivity contribution in [3.63, 3.8) is 0 Å². The van der Waals surface area contributed by atoms with Crippen molar-refractivity contribution in [1.82, 2.24) is 39.0 Å². The Morgan fingerprint density at radius 2 is 1.45 bits per heavy atom. The lowest BCUT2D eigenvalue weighted by atomic mass is 10.2. The lowest BCUT2D eigenvalue weighted by Crippen LogP contribution is -2.35. The molecule has 3 aliphatic heterocycles. The predicted molar refractivity (Wildman–Crippen MR) is 185 cm³/mol. The molecule has 3 aliphatic rings. The van der Waals surface area contributed by atoms with Gasteiger partial charge in [-0.05, 0) is 24.4 Å². The number of nitrogens with two attached hydrogens (primary N) is 1. The molecule has 0 aliphatic carbocycles. The number of halogens is 5. The maximum absolute atomic E-state index is 12.2. The first-order valence-corrected chi connectivity index (χ1v) is 20.6. The van der Waals surface area contributed by atoms with Crippen molar-refractivity contribution in [1.29, 1.82) is 0 Å². The third kappa shape index (κ3) is 11.7. The number of nitrogens with zero attached hydrogens (tertiary/aromatic N) is 6. The van der Waals surface area contributed by atoms with E-state index in [1.807, 2.05) is 0 Å². The van der Waals surface area contributed by atoms with Gasteiger partial charge in [0, 0.05) is 69.2 Å². The zero-order chi connectivity index (χ0) is 34.5. The third-order valence-corrected chi connectivity index (χ3v) is 12.5. The highest BCUT2D eigenvalue weighted by atomic mass is 35.5. The quantitative estimate of drug-likeness (QED) is 0.118. The second kappa shape index (κ2) is 20.7. The molecule has 0 saturated carbocycles. The molecule has 2 unspecified atom stereocenters. The van der Waals surface area contributed by atoms with E-state index >= 15 is 0 Å². The van der Waals surface area contributed by atoms with Gasteiger partial charge < -0.3 is 29.7 Å². The molecule has 0 radical (unpaired) electrons. The lowest BCUT2D eigenvalue weighted by molar-refractivity contribution is -0.0432. The van der Waals surface area contributed by atoms with Crippen molar-refractivity contribution in [2.45, 2.75) is 37.7 Å². The lowest BCUT2D eigenvalue weighted by Gasteiger charge is -2.33. The molecule has 2 aromatic rings. The molecule has 0 amide bonds. The van der Waals surface area contributed by atoms with Crippen molar-refractivity contribution in [2.75, 3.05) is 88.3 Å². The normalized spacial score (nSPS) is 27.8. The smallest absolute Gasteiger partial charge is 0.343 e. The molecule has 5 rings (SSSR count). The Kier molecular flexibility index (Phi) is 18.2. The van der Waals surface area contributed by atoms with E-state index in [0.29, 0.717) is 80.5 Å². The molecule has 0 aromatic carbocycles. The van der Waals surface area contributed by atoms with Gasteiger partial charge in [-0.15, -0.1) is 46.4 Å². The minimum absolute atomic E-state index is 0.0176. The number of ether oxygens (including phenoxy) is 1. The molecule has 5 heterocycles. The van der Waals surface area contributed by atoms with Crippen LogP contribution in [0.4, 0.5) is 5.82 Å². The summed E-state index contributed by atoms with van der Waals surface area (Å²) >= 11 is 28.3. The minimum Gasteiger partial charge on any atom is -0.394 e. The van der Waals surface area contributed by atoms with Gasteiger partial charge in [-0.2, -0.15) is 9.97 Å². The van der Waals surface area contributed by atoms with E-state index in [0.717, 1.165) is 25.9 Å². The summed E-state index contributed by atoms with van der Waals surface area (Å²) in [6, 6.07) is 0. The van der Waals surface area contributed by atoms with E-state index in [2.05, 4.69) is 25.1 Å². The zero-order valence-corrected chi connectivity index (χ0v) is 31.2. The fourth-order valence-corrected chi connectivity index (χ4v) is 10.2. The first kappa shape index (κ1) is 41.3. The number of fused-ring (bicyclic) bond motifs is 1. The summed E-state index contributed by atoms with van der Waals surface area (Å²) in [4.78, 5) is 12.0. The highest BCUT2D eigenvalue weighted by Crippen LogP contribution is 2.49. The van der Waals surface area contributed by atoms with Crippen LogP contribution in [0.5, 0.6) is 0 Å². The number of alkyl halides is 4. The van der Waals surface area contributed by atoms with Crippen LogP contribution in [0.15, 0.2) is 6.33 Å². The number of aliphatic hydroxyl groups excluding tert-OH is 2. The summed E-state index contributed by atoms with van der Waals surface area (Å²) < 4.78 is 45.5. The number of nitrogens with one attached hydrogen (secondary N) is 2. The first-order valence-electron chi connectivity index (χ1n) is 14.9. The summed E-state index contributed by atoms with van der Waals surface area (Å²) in [6.07, 6.45) is 1.79. The second-order valence-corrected chi connectivity index (χ2v) is 16.4. The van der Waals surface area contributed by atoms with E-state index in [1.165, 1.54) is 6.33 Å². The maximum Gasteiger partial charge on any atom is 0.343 e. The van der Waals surface area contributed by atoms with Crippen LogP contribution in [0.1, 0.15) is 25.5 Å². The number of rotatable bonds is 12. The van der Waals surface area contributed by atoms with Gasteiger partial charge >= 0.3 is 15.3 Å². The van der Waals surface area contributed by atoms with Crippen LogP contribution in [0.2, 0.25) is 5.28 Å². The van der Waals surface area contributed by atoms with Crippen LogP contribution in [-0.2, 0) is 22.9 Å². The molecule has 5 atom stereocenters. The molecule has 0 bridgehead atoms. The Bertz CT molecular complexity index is 1260. The molecule has 270 valence electrons. The number of hydrogen-bond donors (Lipinski definition) is 5. The van der Waals surface area contributed by atoms with Crippen LogP contribution >= 0.6 is 73.3 Å². The molecule has 6 N–H and O–H groups in total. The van der Waals surface area contributed by atoms with E-state index < -0.39 is 33.8 Å². The van der Waals surface area contributed by atoms with Gasteiger partial charge in [0.2, 0.25) is 5.28 Å². The number of anilines is 1. The Balaban J connectivity index is 0.000000196. The Morgan fingerprint density at radius 1 is 0.936 bits per heavy atom. The Hall–Kier alpha value is -0.100. The first-order chi connectivity index (χ1) is 22.5. The van der Waals surface area contributed by atoms with Gasteiger partial charge in [-0.1, -0.05) is 0 Å². The van der Waals surface area contributed by atoms with Crippen molar-refractivity contribution < 1.29 is 33.1 Å². The largest absolute Gasteiger partial charge is 0.394 e. The van der Waals surface area contributed by atoms with Crippen LogP contribution in [0, 0.1) is 0 Å². The summed E-state index contributed by atoms with van der Waals surface area (Å²) in [5, 5.41) is 24.6. The Morgan fingerprint density at radius 3 is 1.85 bits per heavy atom. The van der Waals surface area contributed by atoms with Gasteiger partial charge in [0.25, 0.3) is 0 Å². The average Bonchev–Trinajstić information content (AvgIpc) is 3.65. The highest BCUT2D eigenvalue weighted by molar-refractivity contribution is 7.54. The summed E-state index contributed by atoms with van der Waals surface area (Å²) in [6.45, 7) is 4.36. The van der Waals surface area contributed by atoms with Gasteiger partial charge in [0.1, 0.15) is 17.8 Å². The molecule has 16 nitrogen and oxygen atoms in total. The average molecular weight is 808 g/mol. The SMILES string of the molecule is Nc1nc(Cl)nc2c1ncn2[C@H]1C[C@H](O)[C@@H](CO)O1.O=P1(N(CCCl)CCCl)NCCCO1.O=P1(N(CCCl)CCCl)NCCCO1. The van der Waals surface area contributed by atoms with E-state index in [9.17, 15) is 14.2 Å². The molecule has 0 spiro atoms. The molecular weight excluding hydrogens is 766 g/mol. The highest BCUT2D eigenvalue weighted by Gasteiger charge is 2.36.